The summed E-state index contributed by atoms with van der Waals surface area (Å²) in [5.74, 6) is 0.727. The van der Waals surface area contributed by atoms with E-state index in [4.69, 9.17) is 33.7 Å². The summed E-state index contributed by atoms with van der Waals surface area (Å²) in [5, 5.41) is 1.18. The summed E-state index contributed by atoms with van der Waals surface area (Å²) in [5.41, 5.74) is 7.66. The maximum Gasteiger partial charge on any atom is 0.125 e. The van der Waals surface area contributed by atoms with Gasteiger partial charge in [0, 0.05) is 31.7 Å². The van der Waals surface area contributed by atoms with Gasteiger partial charge in [0.1, 0.15) is 12.4 Å². The molecule has 0 unspecified atom stereocenters. The Morgan fingerprint density at radius 1 is 1.20 bits per heavy atom. The van der Waals surface area contributed by atoms with E-state index >= 15 is 0 Å². The molecule has 20 heavy (non-hydrogen) atoms. The second-order valence-electron chi connectivity index (χ2n) is 4.46. The van der Waals surface area contributed by atoms with Crippen LogP contribution in [0.3, 0.4) is 0 Å². The van der Waals surface area contributed by atoms with Crippen LogP contribution >= 0.6 is 39.1 Å². The van der Waals surface area contributed by atoms with Crippen molar-refractivity contribution in [2.75, 3.05) is 0 Å². The molecule has 0 bridgehead atoms. The molecule has 2 N–H and O–H groups in total. The van der Waals surface area contributed by atoms with Gasteiger partial charge in [0.05, 0.1) is 0 Å². The number of benzene rings is 2. The molecule has 2 rings (SSSR count). The highest BCUT2D eigenvalue weighted by Crippen LogP contribution is 2.30. The van der Waals surface area contributed by atoms with Crippen molar-refractivity contribution < 1.29 is 4.74 Å². The molecule has 1 atom stereocenters. The second-order valence-corrected chi connectivity index (χ2v) is 6.19. The van der Waals surface area contributed by atoms with Gasteiger partial charge >= 0.3 is 0 Å². The van der Waals surface area contributed by atoms with E-state index in [1.165, 1.54) is 0 Å². The third-order valence-corrected chi connectivity index (χ3v) is 4.10. The van der Waals surface area contributed by atoms with Crippen LogP contribution in [0.1, 0.15) is 24.1 Å². The molecule has 106 valence electrons. The van der Waals surface area contributed by atoms with Crippen LogP contribution in [0.2, 0.25) is 10.0 Å². The molecule has 5 heteroatoms. The normalized spacial score (nSPS) is 12.2. The van der Waals surface area contributed by atoms with Crippen molar-refractivity contribution in [3.63, 3.8) is 0 Å². The maximum absolute atomic E-state index is 6.13. The molecule has 0 spiro atoms. The Morgan fingerprint density at radius 3 is 2.45 bits per heavy atom. The van der Waals surface area contributed by atoms with Crippen LogP contribution in [0.4, 0.5) is 0 Å². The first-order valence-electron chi connectivity index (χ1n) is 6.09. The van der Waals surface area contributed by atoms with E-state index in [0.717, 1.165) is 21.3 Å². The van der Waals surface area contributed by atoms with Crippen LogP contribution in [0.25, 0.3) is 0 Å². The average molecular weight is 375 g/mol. The van der Waals surface area contributed by atoms with E-state index in [1.54, 1.807) is 18.2 Å². The van der Waals surface area contributed by atoms with Gasteiger partial charge in [0.15, 0.2) is 0 Å². The molecule has 0 radical (unpaired) electrons. The summed E-state index contributed by atoms with van der Waals surface area (Å²) in [7, 11) is 0. The molecule has 0 fully saturated rings. The highest BCUT2D eigenvalue weighted by atomic mass is 79.9. The fourth-order valence-electron chi connectivity index (χ4n) is 1.83. The lowest BCUT2D eigenvalue weighted by molar-refractivity contribution is 0.301. The lowest BCUT2D eigenvalue weighted by atomic mass is 10.1. The Labute approximate surface area is 137 Å². The minimum atomic E-state index is -0.111. The Morgan fingerprint density at radius 2 is 1.85 bits per heavy atom. The zero-order chi connectivity index (χ0) is 14.7. The van der Waals surface area contributed by atoms with Crippen LogP contribution in [0.5, 0.6) is 5.75 Å². The molecular weight excluding hydrogens is 361 g/mol. The van der Waals surface area contributed by atoms with Crippen LogP contribution < -0.4 is 10.5 Å². The zero-order valence-electron chi connectivity index (χ0n) is 10.9. The van der Waals surface area contributed by atoms with Crippen LogP contribution in [-0.2, 0) is 6.61 Å². The Hall–Kier alpha value is -0.740. The number of halogens is 3. The predicted octanol–water partition coefficient (Wildman–Crippen LogP) is 5.35. The molecule has 0 aliphatic carbocycles. The molecule has 0 amide bonds. The van der Waals surface area contributed by atoms with Crippen molar-refractivity contribution in [1.82, 2.24) is 0 Å². The highest BCUT2D eigenvalue weighted by Gasteiger charge is 2.11. The fourth-order valence-corrected chi connectivity index (χ4v) is 2.68. The van der Waals surface area contributed by atoms with Crippen molar-refractivity contribution in [1.29, 1.82) is 0 Å². The third kappa shape index (κ3) is 3.67. The maximum atomic E-state index is 6.13. The average Bonchev–Trinajstić information content (AvgIpc) is 2.37. The molecule has 0 saturated heterocycles. The van der Waals surface area contributed by atoms with Crippen molar-refractivity contribution in [3.8, 4) is 5.75 Å². The minimum absolute atomic E-state index is 0.111. The molecule has 0 aromatic heterocycles. The fraction of sp³-hybridized carbons (Fsp3) is 0.200. The van der Waals surface area contributed by atoms with Gasteiger partial charge in [-0.25, -0.2) is 0 Å². The standard InChI is InChI=1S/C15H14BrCl2NO/c1-9(19)11-6-5-10(16)7-15(11)20-8-12-13(17)3-2-4-14(12)18/h2-7,9H,8,19H2,1H3/t9-/m1/s1. The first-order valence-corrected chi connectivity index (χ1v) is 7.64. The Kier molecular flexibility index (Phi) is 5.33. The highest BCUT2D eigenvalue weighted by molar-refractivity contribution is 9.10. The van der Waals surface area contributed by atoms with Gasteiger partial charge in [0.2, 0.25) is 0 Å². The van der Waals surface area contributed by atoms with Crippen LogP contribution in [0, 0.1) is 0 Å². The van der Waals surface area contributed by atoms with Gasteiger partial charge in [-0.3, -0.25) is 0 Å². The summed E-state index contributed by atoms with van der Waals surface area (Å²) < 4.78 is 6.78. The quantitative estimate of drug-likeness (QED) is 0.782. The number of rotatable bonds is 4. The van der Waals surface area contributed by atoms with Crippen LogP contribution in [0.15, 0.2) is 40.9 Å². The number of hydrogen-bond donors (Lipinski definition) is 1. The third-order valence-electron chi connectivity index (χ3n) is 2.90. The molecular formula is C15H14BrCl2NO. The van der Waals surface area contributed by atoms with E-state index in [1.807, 2.05) is 25.1 Å². The monoisotopic (exact) mass is 373 g/mol. The molecule has 2 aromatic rings. The van der Waals surface area contributed by atoms with Gasteiger partial charge in [-0.15, -0.1) is 0 Å². The number of hydrogen-bond acceptors (Lipinski definition) is 2. The van der Waals surface area contributed by atoms with Crippen molar-refractivity contribution in [2.45, 2.75) is 19.6 Å². The van der Waals surface area contributed by atoms with Crippen LogP contribution in [-0.4, -0.2) is 0 Å². The molecule has 0 saturated carbocycles. The molecule has 0 aliphatic heterocycles. The minimum Gasteiger partial charge on any atom is -0.488 e. The van der Waals surface area contributed by atoms with E-state index < -0.39 is 0 Å². The second kappa shape index (κ2) is 6.81. The molecule has 0 heterocycles. The van der Waals surface area contributed by atoms with E-state index in [9.17, 15) is 0 Å². The molecule has 0 aliphatic rings. The summed E-state index contributed by atoms with van der Waals surface area (Å²) in [6.07, 6.45) is 0. The smallest absolute Gasteiger partial charge is 0.125 e. The summed E-state index contributed by atoms with van der Waals surface area (Å²) in [4.78, 5) is 0. The lowest BCUT2D eigenvalue weighted by Gasteiger charge is -2.15. The predicted molar refractivity (Wildman–Crippen MR) is 87.5 cm³/mol. The zero-order valence-corrected chi connectivity index (χ0v) is 14.0. The van der Waals surface area contributed by atoms with E-state index in [-0.39, 0.29) is 6.04 Å². The first-order chi connectivity index (χ1) is 9.49. The largest absolute Gasteiger partial charge is 0.488 e. The molecule has 2 aromatic carbocycles. The Balaban J connectivity index is 2.25. The van der Waals surface area contributed by atoms with Crippen molar-refractivity contribution in [2.24, 2.45) is 5.73 Å². The van der Waals surface area contributed by atoms with Gasteiger partial charge in [-0.2, -0.15) is 0 Å². The van der Waals surface area contributed by atoms with Crippen molar-refractivity contribution in [3.05, 3.63) is 62.0 Å². The Bertz CT molecular complexity index is 597. The van der Waals surface area contributed by atoms with Gasteiger partial charge < -0.3 is 10.5 Å². The summed E-state index contributed by atoms with van der Waals surface area (Å²) in [6.45, 7) is 2.22. The number of nitrogens with two attached hydrogens (primary N) is 1. The van der Waals surface area contributed by atoms with E-state index in [2.05, 4.69) is 15.9 Å². The topological polar surface area (TPSA) is 35.2 Å². The lowest BCUT2D eigenvalue weighted by Crippen LogP contribution is -2.08. The number of ether oxygens (including phenoxy) is 1. The van der Waals surface area contributed by atoms with Gasteiger partial charge in [0.25, 0.3) is 0 Å². The SMILES string of the molecule is C[C@@H](N)c1ccc(Br)cc1OCc1c(Cl)cccc1Cl. The van der Waals surface area contributed by atoms with Gasteiger partial charge in [-0.1, -0.05) is 51.3 Å². The summed E-state index contributed by atoms with van der Waals surface area (Å²) in [6, 6.07) is 11.1. The molecule has 2 nitrogen and oxygen atoms in total. The van der Waals surface area contributed by atoms with Crippen molar-refractivity contribution >= 4 is 39.1 Å². The first kappa shape index (κ1) is 15.6. The van der Waals surface area contributed by atoms with Gasteiger partial charge in [-0.05, 0) is 31.2 Å². The van der Waals surface area contributed by atoms with E-state index in [0.29, 0.717) is 16.7 Å². The summed E-state index contributed by atoms with van der Waals surface area (Å²) >= 11 is 15.7.